The van der Waals surface area contributed by atoms with E-state index in [-0.39, 0.29) is 10.9 Å². The van der Waals surface area contributed by atoms with Gasteiger partial charge in [0.2, 0.25) is 6.10 Å². The molecular formula is C19H19Cl2NO5. The Bertz CT molecular complexity index is 851. The normalized spacial score (nSPS) is 33.6. The van der Waals surface area contributed by atoms with Crippen molar-refractivity contribution < 1.29 is 24.2 Å². The molecule has 4 atom stereocenters. The van der Waals surface area contributed by atoms with Crippen molar-refractivity contribution in [3.8, 4) is 0 Å². The number of carbonyl (C=O) groups excluding carboxylic acids is 3. The number of ketones is 1. The number of rotatable bonds is 3. The molecule has 2 fully saturated rings. The van der Waals surface area contributed by atoms with Crippen molar-refractivity contribution >= 4 is 40.8 Å². The fourth-order valence-electron chi connectivity index (χ4n) is 4.82. The van der Waals surface area contributed by atoms with Gasteiger partial charge in [0.1, 0.15) is 0 Å². The predicted molar refractivity (Wildman–Crippen MR) is 97.3 cm³/mol. The van der Waals surface area contributed by atoms with Crippen LogP contribution in [0.4, 0.5) is 0 Å². The summed E-state index contributed by atoms with van der Waals surface area (Å²) in [5, 5.41) is 13.8. The molecule has 4 rings (SSSR count). The molecule has 1 heterocycles. The Balaban J connectivity index is 1.81. The second-order valence-corrected chi connectivity index (χ2v) is 8.48. The van der Waals surface area contributed by atoms with Gasteiger partial charge in [-0.2, -0.15) is 0 Å². The minimum Gasteiger partial charge on any atom is -0.388 e. The minimum atomic E-state index is -1.52. The largest absolute Gasteiger partial charge is 0.388 e. The highest BCUT2D eigenvalue weighted by atomic mass is 35.5. The maximum atomic E-state index is 12.1. The van der Waals surface area contributed by atoms with Gasteiger partial charge >= 0.3 is 0 Å². The number of amides is 2. The molecule has 0 bridgehead atoms. The van der Waals surface area contributed by atoms with E-state index in [0.717, 1.165) is 25.7 Å². The van der Waals surface area contributed by atoms with Crippen LogP contribution < -0.4 is 5.32 Å². The Morgan fingerprint density at radius 1 is 1.19 bits per heavy atom. The predicted octanol–water partition coefficient (Wildman–Crippen LogP) is 2.89. The van der Waals surface area contributed by atoms with Crippen molar-refractivity contribution in [2.75, 3.05) is 0 Å². The molecule has 2 amide bonds. The summed E-state index contributed by atoms with van der Waals surface area (Å²) in [4.78, 5) is 35.7. The van der Waals surface area contributed by atoms with Gasteiger partial charge in [-0.05, 0) is 30.4 Å². The molecule has 6 nitrogen and oxygen atoms in total. The first-order chi connectivity index (χ1) is 12.8. The van der Waals surface area contributed by atoms with Crippen LogP contribution in [0.5, 0.6) is 0 Å². The van der Waals surface area contributed by atoms with E-state index in [1.165, 1.54) is 0 Å². The van der Waals surface area contributed by atoms with Crippen molar-refractivity contribution in [1.82, 2.24) is 5.32 Å². The van der Waals surface area contributed by atoms with Crippen molar-refractivity contribution in [1.29, 1.82) is 0 Å². The van der Waals surface area contributed by atoms with Crippen LogP contribution in [0.1, 0.15) is 55.9 Å². The Hall–Kier alpha value is -1.47. The highest BCUT2D eigenvalue weighted by Crippen LogP contribution is 2.63. The maximum Gasteiger partial charge on any atom is 0.297 e. The number of fused-ring (bicyclic) bond motifs is 1. The summed E-state index contributed by atoms with van der Waals surface area (Å²) in [6.07, 6.45) is 0.633. The number of hydrogen-bond acceptors (Lipinski definition) is 5. The maximum absolute atomic E-state index is 12.1. The van der Waals surface area contributed by atoms with Crippen LogP contribution in [0, 0.1) is 11.3 Å². The van der Waals surface area contributed by atoms with E-state index in [9.17, 15) is 19.5 Å². The molecule has 144 valence electrons. The number of ether oxygens (including phenoxy) is 1. The third kappa shape index (κ3) is 2.65. The number of Topliss-reactive ketones (excluding diaryl/α,β-unsaturated/α-hetero) is 1. The second-order valence-electron chi connectivity index (χ2n) is 7.69. The molecule has 1 aromatic rings. The van der Waals surface area contributed by atoms with Gasteiger partial charge in [-0.25, -0.2) is 0 Å². The van der Waals surface area contributed by atoms with Crippen LogP contribution in [0.15, 0.2) is 12.1 Å². The second kappa shape index (κ2) is 6.55. The average molecular weight is 412 g/mol. The molecular weight excluding hydrogens is 393 g/mol. The Kier molecular flexibility index (Phi) is 4.58. The first-order valence-electron chi connectivity index (χ1n) is 8.97. The van der Waals surface area contributed by atoms with Crippen molar-refractivity contribution in [3.63, 3.8) is 0 Å². The summed E-state index contributed by atoms with van der Waals surface area (Å²) in [5.74, 6) is -2.55. The lowest BCUT2D eigenvalue weighted by Crippen LogP contribution is -2.39. The summed E-state index contributed by atoms with van der Waals surface area (Å²) in [6.45, 7) is 1.89. The van der Waals surface area contributed by atoms with E-state index in [1.807, 2.05) is 12.2 Å². The molecule has 1 aliphatic heterocycles. The topological polar surface area (TPSA) is 92.7 Å². The number of imide groups is 1. The Morgan fingerprint density at radius 3 is 2.44 bits per heavy atom. The first-order valence-corrected chi connectivity index (χ1v) is 9.72. The fraction of sp³-hybridized carbons (Fsp3) is 0.526. The number of benzene rings is 1. The lowest BCUT2D eigenvalue weighted by Gasteiger charge is -2.40. The molecule has 4 unspecified atom stereocenters. The van der Waals surface area contributed by atoms with Crippen molar-refractivity contribution in [3.05, 3.63) is 33.3 Å². The Labute approximate surface area is 166 Å². The molecule has 2 N–H and O–H groups in total. The molecule has 1 saturated carbocycles. The van der Waals surface area contributed by atoms with Crippen molar-refractivity contribution in [2.45, 2.75) is 50.9 Å². The number of halogens is 2. The quantitative estimate of drug-likeness (QED) is 0.453. The summed E-state index contributed by atoms with van der Waals surface area (Å²) in [7, 11) is 0. The van der Waals surface area contributed by atoms with Gasteiger partial charge in [0.25, 0.3) is 17.6 Å². The zero-order valence-corrected chi connectivity index (χ0v) is 16.1. The average Bonchev–Trinajstić information content (AvgIpc) is 3.29. The first kappa shape index (κ1) is 18.9. The van der Waals surface area contributed by atoms with Crippen LogP contribution in [0.25, 0.3) is 0 Å². The standard InChI is InChI=1S/C19H19Cl2NO5/c1-19(8-4-2-3-5-8)15(24)11-9(6-7-10(20)12(11)21)16(19)27-14-13(23)17(25)22-18(14)26/h6-8,14-16,24H,2-5H2,1H3,(H,22,25,26). The molecule has 27 heavy (non-hydrogen) atoms. The van der Waals surface area contributed by atoms with Gasteiger partial charge in [0.05, 0.1) is 22.3 Å². The van der Waals surface area contributed by atoms with E-state index in [2.05, 4.69) is 0 Å². The summed E-state index contributed by atoms with van der Waals surface area (Å²) >= 11 is 12.5. The molecule has 0 radical (unpaired) electrons. The Morgan fingerprint density at radius 2 is 1.85 bits per heavy atom. The fourth-order valence-corrected chi connectivity index (χ4v) is 5.26. The lowest BCUT2D eigenvalue weighted by atomic mass is 9.70. The van der Waals surface area contributed by atoms with Crippen LogP contribution in [0.2, 0.25) is 10.0 Å². The monoisotopic (exact) mass is 411 g/mol. The van der Waals surface area contributed by atoms with Gasteiger partial charge < -0.3 is 9.84 Å². The van der Waals surface area contributed by atoms with E-state index in [1.54, 1.807) is 12.1 Å². The zero-order chi connectivity index (χ0) is 19.5. The SMILES string of the molecule is CC1(C2CCCC2)C(O)c2c(ccc(Cl)c2Cl)C1OC1C(=O)NC(=O)C1=O. The van der Waals surface area contributed by atoms with E-state index in [0.29, 0.717) is 16.1 Å². The number of carbonyl (C=O) groups is 3. The zero-order valence-electron chi connectivity index (χ0n) is 14.6. The number of hydrogen-bond donors (Lipinski definition) is 2. The van der Waals surface area contributed by atoms with Crippen LogP contribution in [-0.4, -0.2) is 28.8 Å². The molecule has 3 aliphatic rings. The van der Waals surface area contributed by atoms with Crippen LogP contribution in [0.3, 0.4) is 0 Å². The molecule has 1 saturated heterocycles. The van der Waals surface area contributed by atoms with Gasteiger partial charge in [-0.1, -0.05) is 49.0 Å². The summed E-state index contributed by atoms with van der Waals surface area (Å²) in [6, 6.07) is 3.31. The molecule has 0 spiro atoms. The van der Waals surface area contributed by atoms with Crippen LogP contribution >= 0.6 is 23.2 Å². The highest BCUT2D eigenvalue weighted by molar-refractivity contribution is 6.49. The van der Waals surface area contributed by atoms with E-state index in [4.69, 9.17) is 27.9 Å². The number of aliphatic hydroxyl groups excluding tert-OH is 1. The van der Waals surface area contributed by atoms with E-state index < -0.39 is 41.3 Å². The number of aliphatic hydroxyl groups is 1. The van der Waals surface area contributed by atoms with Gasteiger partial charge in [0.15, 0.2) is 0 Å². The molecule has 0 aromatic heterocycles. The van der Waals surface area contributed by atoms with Gasteiger partial charge in [-0.15, -0.1) is 0 Å². The minimum absolute atomic E-state index is 0.120. The van der Waals surface area contributed by atoms with Gasteiger partial charge in [-0.3, -0.25) is 19.7 Å². The third-order valence-electron chi connectivity index (χ3n) is 6.32. The summed E-state index contributed by atoms with van der Waals surface area (Å²) in [5.41, 5.74) is 0.284. The van der Waals surface area contributed by atoms with Crippen molar-refractivity contribution in [2.24, 2.45) is 11.3 Å². The highest BCUT2D eigenvalue weighted by Gasteiger charge is 2.58. The van der Waals surface area contributed by atoms with Crippen LogP contribution in [-0.2, 0) is 19.1 Å². The van der Waals surface area contributed by atoms with E-state index >= 15 is 0 Å². The summed E-state index contributed by atoms with van der Waals surface area (Å²) < 4.78 is 5.94. The lowest BCUT2D eigenvalue weighted by molar-refractivity contribution is -0.161. The molecule has 1 aromatic carbocycles. The third-order valence-corrected chi connectivity index (χ3v) is 7.14. The number of nitrogens with one attached hydrogen (secondary N) is 1. The smallest absolute Gasteiger partial charge is 0.297 e. The molecule has 2 aliphatic carbocycles. The van der Waals surface area contributed by atoms with Gasteiger partial charge in [0, 0.05) is 11.0 Å². The molecule has 8 heteroatoms.